The zero-order chi connectivity index (χ0) is 33.1. The van der Waals surface area contributed by atoms with E-state index in [1.807, 2.05) is 0 Å². The predicted octanol–water partition coefficient (Wildman–Crippen LogP) is -4.76. The van der Waals surface area contributed by atoms with Crippen molar-refractivity contribution in [1.29, 1.82) is 0 Å². The van der Waals surface area contributed by atoms with Crippen LogP contribution in [0.1, 0.15) is 12.8 Å². The summed E-state index contributed by atoms with van der Waals surface area (Å²) in [5.74, 6) is -6.81. The molecule has 248 valence electrons. The van der Waals surface area contributed by atoms with Crippen LogP contribution in [-0.2, 0) is 38.4 Å². The average molecular weight is 632 g/mol. The molecule has 19 heteroatoms. The highest BCUT2D eigenvalue weighted by Gasteiger charge is 2.22. The Balaban J connectivity index is 3.13. The van der Waals surface area contributed by atoms with Crippen molar-refractivity contribution in [3.05, 3.63) is 0 Å². The lowest BCUT2D eigenvalue weighted by Crippen LogP contribution is -2.51. The summed E-state index contributed by atoms with van der Waals surface area (Å²) in [4.78, 5) is 100.0. The summed E-state index contributed by atoms with van der Waals surface area (Å²) >= 11 is 0. The van der Waals surface area contributed by atoms with E-state index in [9.17, 15) is 38.4 Å². The minimum absolute atomic E-state index is 0.0960. The fraction of sp³-hybridized carbons (Fsp3) is 0.680. The zero-order valence-electron chi connectivity index (χ0n) is 24.4. The fourth-order valence-corrected chi connectivity index (χ4v) is 4.09. The number of rotatable bonds is 17. The van der Waals surface area contributed by atoms with E-state index in [4.69, 9.17) is 20.4 Å². The van der Waals surface area contributed by atoms with E-state index < -0.39 is 61.2 Å². The fourth-order valence-electron chi connectivity index (χ4n) is 4.09. The third kappa shape index (κ3) is 19.1. The topological polar surface area (TPSA) is 267 Å². The molecular weight excluding hydrogens is 590 g/mol. The maximum absolute atomic E-state index is 12.5. The number of amides is 3. The molecule has 0 radical (unpaired) electrons. The average Bonchev–Trinajstić information content (AvgIpc) is 2.93. The van der Waals surface area contributed by atoms with E-state index in [2.05, 4.69) is 16.0 Å². The van der Waals surface area contributed by atoms with Crippen LogP contribution in [0, 0.1) is 0 Å². The summed E-state index contributed by atoms with van der Waals surface area (Å²) in [5.41, 5.74) is 0. The number of carbonyl (C=O) groups excluding carboxylic acids is 4. The lowest BCUT2D eigenvalue weighted by molar-refractivity contribution is -0.139. The van der Waals surface area contributed by atoms with Crippen LogP contribution in [-0.4, -0.2) is 186 Å². The highest BCUT2D eigenvalue weighted by atomic mass is 16.4. The third-order valence-electron chi connectivity index (χ3n) is 6.36. The van der Waals surface area contributed by atoms with Crippen molar-refractivity contribution in [2.45, 2.75) is 12.8 Å². The van der Waals surface area contributed by atoms with Gasteiger partial charge in [0.2, 0.25) is 17.7 Å². The van der Waals surface area contributed by atoms with Crippen LogP contribution in [0.4, 0.5) is 0 Å². The number of nitrogens with one attached hydrogen (secondary N) is 3. The molecule has 0 saturated carbocycles. The summed E-state index contributed by atoms with van der Waals surface area (Å²) in [5, 5.41) is 42.3. The van der Waals surface area contributed by atoms with Gasteiger partial charge in [-0.15, -0.1) is 0 Å². The van der Waals surface area contributed by atoms with Gasteiger partial charge in [0.15, 0.2) is 0 Å². The number of aliphatic carboxylic acids is 4. The van der Waals surface area contributed by atoms with Gasteiger partial charge in [0, 0.05) is 58.8 Å². The van der Waals surface area contributed by atoms with Gasteiger partial charge in [0.1, 0.15) is 25.4 Å². The number of hydrogen-bond acceptors (Lipinski definition) is 12. The van der Waals surface area contributed by atoms with Crippen LogP contribution in [0.15, 0.2) is 0 Å². The molecule has 3 amide bonds. The van der Waals surface area contributed by atoms with E-state index >= 15 is 0 Å². The maximum atomic E-state index is 12.5. The monoisotopic (exact) mass is 631 g/mol. The molecule has 1 heterocycles. The van der Waals surface area contributed by atoms with Crippen LogP contribution in [0.25, 0.3) is 0 Å². The maximum Gasteiger partial charge on any atom is 0.322 e. The lowest BCUT2D eigenvalue weighted by Gasteiger charge is -2.33. The second-order valence-corrected chi connectivity index (χ2v) is 10.0. The normalized spacial score (nSPS) is 16.1. The van der Waals surface area contributed by atoms with Crippen LogP contribution in [0.2, 0.25) is 0 Å². The van der Waals surface area contributed by atoms with Crippen molar-refractivity contribution in [1.82, 2.24) is 35.6 Å². The molecule has 0 aromatic heterocycles. The van der Waals surface area contributed by atoms with Gasteiger partial charge in [-0.1, -0.05) is 0 Å². The number of hydrogen-bond donors (Lipinski definition) is 7. The van der Waals surface area contributed by atoms with Crippen molar-refractivity contribution in [2.24, 2.45) is 0 Å². The number of ketones is 1. The highest BCUT2D eigenvalue weighted by Crippen LogP contribution is 2.03. The molecule has 0 aliphatic carbocycles. The quantitative estimate of drug-likeness (QED) is 0.0794. The first kappa shape index (κ1) is 37.8. The molecule has 19 nitrogen and oxygen atoms in total. The Bertz CT molecular complexity index is 865. The van der Waals surface area contributed by atoms with E-state index in [-0.39, 0.29) is 97.2 Å². The van der Waals surface area contributed by atoms with Gasteiger partial charge in [0.05, 0.1) is 32.6 Å². The Kier molecular flexibility index (Phi) is 17.8. The Labute approximate surface area is 253 Å². The van der Waals surface area contributed by atoms with Crippen LogP contribution < -0.4 is 16.0 Å². The summed E-state index contributed by atoms with van der Waals surface area (Å²) < 4.78 is 0. The Morgan fingerprint density at radius 2 is 0.682 bits per heavy atom. The molecule has 0 unspecified atom stereocenters. The highest BCUT2D eigenvalue weighted by molar-refractivity contribution is 5.84. The van der Waals surface area contributed by atoms with Crippen molar-refractivity contribution >= 4 is 47.4 Å². The minimum atomic E-state index is -1.23. The molecule has 1 aliphatic heterocycles. The first-order chi connectivity index (χ1) is 20.7. The van der Waals surface area contributed by atoms with Crippen molar-refractivity contribution in [3.63, 3.8) is 0 Å². The molecular formula is C25H41N7O12. The molecule has 0 atom stereocenters. The number of carboxylic acid groups (broad SMARTS) is 4. The van der Waals surface area contributed by atoms with Gasteiger partial charge >= 0.3 is 23.9 Å². The third-order valence-corrected chi connectivity index (χ3v) is 6.36. The molecule has 0 aromatic rings. The van der Waals surface area contributed by atoms with Gasteiger partial charge in [-0.2, -0.15) is 0 Å². The standard InChI is InChI=1S/C25H41N7O12/c33-18(1-2-22(37)38)14-29-3-5-30(15-19(34)26-11-23(39)40)7-9-32(17-21(36)28-13-25(43)44)10-8-31(6-4-29)16-20(35)27-12-24(41)42/h1-17H2,(H,26,34)(H,27,35)(H,28,36)(H,37,38)(H,39,40)(H,41,42)(H,43,44). The van der Waals surface area contributed by atoms with Gasteiger partial charge in [-0.25, -0.2) is 0 Å². The molecule has 0 spiro atoms. The molecule has 1 fully saturated rings. The first-order valence-electron chi connectivity index (χ1n) is 13.8. The molecule has 1 rings (SSSR count). The lowest BCUT2D eigenvalue weighted by atomic mass is 10.2. The van der Waals surface area contributed by atoms with Crippen molar-refractivity contribution in [3.8, 4) is 0 Å². The summed E-state index contributed by atoms with van der Waals surface area (Å²) in [7, 11) is 0. The zero-order valence-corrected chi connectivity index (χ0v) is 24.4. The second-order valence-electron chi connectivity index (χ2n) is 10.0. The van der Waals surface area contributed by atoms with E-state index in [0.29, 0.717) is 0 Å². The molecule has 0 aromatic carbocycles. The summed E-state index contributed by atoms with van der Waals surface area (Å²) in [6.45, 7) is -0.638. The van der Waals surface area contributed by atoms with Crippen LogP contribution >= 0.6 is 0 Å². The van der Waals surface area contributed by atoms with E-state index in [1.165, 1.54) is 0 Å². The Morgan fingerprint density at radius 3 is 0.932 bits per heavy atom. The molecule has 1 saturated heterocycles. The predicted molar refractivity (Wildman–Crippen MR) is 150 cm³/mol. The Morgan fingerprint density at radius 1 is 0.409 bits per heavy atom. The first-order valence-corrected chi connectivity index (χ1v) is 13.8. The van der Waals surface area contributed by atoms with Gasteiger partial charge in [-0.05, 0) is 0 Å². The van der Waals surface area contributed by atoms with Crippen LogP contribution in [0.3, 0.4) is 0 Å². The SMILES string of the molecule is O=C(O)CCC(=O)CN1CCN(CC(=O)NCC(=O)O)CCN(CC(=O)NCC(=O)O)CCN(CC(=O)NCC(=O)O)CC1. The van der Waals surface area contributed by atoms with E-state index in [1.54, 1.807) is 19.6 Å². The van der Waals surface area contributed by atoms with Crippen LogP contribution in [0.5, 0.6) is 0 Å². The van der Waals surface area contributed by atoms with Gasteiger partial charge in [-0.3, -0.25) is 58.0 Å². The Hall–Kier alpha value is -4.20. The second kappa shape index (κ2) is 20.7. The number of nitrogens with zero attached hydrogens (tertiary/aromatic N) is 4. The smallest absolute Gasteiger partial charge is 0.322 e. The number of carbonyl (C=O) groups is 8. The van der Waals surface area contributed by atoms with Gasteiger partial charge in [0.25, 0.3) is 0 Å². The molecule has 0 bridgehead atoms. The number of carboxylic acids is 4. The van der Waals surface area contributed by atoms with Crippen molar-refractivity contribution < 1.29 is 58.8 Å². The molecule has 7 N–H and O–H groups in total. The minimum Gasteiger partial charge on any atom is -0.481 e. The largest absolute Gasteiger partial charge is 0.481 e. The summed E-state index contributed by atoms with van der Waals surface area (Å²) in [6, 6.07) is 0. The molecule has 1 aliphatic rings. The van der Waals surface area contributed by atoms with E-state index in [0.717, 1.165) is 0 Å². The van der Waals surface area contributed by atoms with Gasteiger partial charge < -0.3 is 36.4 Å². The van der Waals surface area contributed by atoms with Crippen molar-refractivity contribution in [2.75, 3.05) is 98.2 Å². The number of Topliss-reactive ketones (excluding diaryl/α,β-unsaturated/α-hetero) is 1. The summed E-state index contributed by atoms with van der Waals surface area (Å²) in [6.07, 6.45) is -0.526. The molecule has 44 heavy (non-hydrogen) atoms.